The van der Waals surface area contributed by atoms with E-state index >= 15 is 0 Å². The normalized spacial score (nSPS) is 27.2. The quantitative estimate of drug-likeness (QED) is 0.826. The lowest BCUT2D eigenvalue weighted by Crippen LogP contribution is -2.66. The van der Waals surface area contributed by atoms with Gasteiger partial charge in [-0.2, -0.15) is 4.31 Å². The first-order valence-corrected chi connectivity index (χ1v) is 11.3. The maximum Gasteiger partial charge on any atom is 0.228 e. The van der Waals surface area contributed by atoms with Gasteiger partial charge >= 0.3 is 0 Å². The number of rotatable bonds is 4. The van der Waals surface area contributed by atoms with Gasteiger partial charge in [-0.25, -0.2) is 8.42 Å². The van der Waals surface area contributed by atoms with Crippen molar-refractivity contribution >= 4 is 15.9 Å². The van der Waals surface area contributed by atoms with Gasteiger partial charge in [0.15, 0.2) is 0 Å². The van der Waals surface area contributed by atoms with Crippen LogP contribution in [0.2, 0.25) is 0 Å². The van der Waals surface area contributed by atoms with E-state index in [9.17, 15) is 13.2 Å². The summed E-state index contributed by atoms with van der Waals surface area (Å²) in [6.07, 6.45) is 5.17. The summed E-state index contributed by atoms with van der Waals surface area (Å²) in [4.78, 5) is 19.8. The summed E-state index contributed by atoms with van der Waals surface area (Å²) >= 11 is 0. The molecule has 0 saturated carbocycles. The van der Waals surface area contributed by atoms with E-state index in [2.05, 4.69) is 15.2 Å². The zero-order chi connectivity index (χ0) is 19.8. The second-order valence-corrected chi connectivity index (χ2v) is 10.0. The van der Waals surface area contributed by atoms with Crippen LogP contribution in [-0.2, 0) is 21.4 Å². The van der Waals surface area contributed by atoms with Gasteiger partial charge < -0.3 is 10.2 Å². The minimum absolute atomic E-state index is 0.0334. The molecular formula is C19H30N4O3S. The highest BCUT2D eigenvalue weighted by Crippen LogP contribution is 2.43. The highest BCUT2D eigenvalue weighted by molar-refractivity contribution is 7.88. The lowest BCUT2D eigenvalue weighted by Gasteiger charge is -2.52. The molecule has 0 unspecified atom stereocenters. The fraction of sp³-hybridized carbons (Fsp3) is 0.684. The Morgan fingerprint density at radius 1 is 1.33 bits per heavy atom. The summed E-state index contributed by atoms with van der Waals surface area (Å²) in [6.45, 7) is 6.25. The molecule has 2 saturated heterocycles. The minimum Gasteiger partial charge on any atom is -0.351 e. The van der Waals surface area contributed by atoms with Gasteiger partial charge in [0, 0.05) is 31.5 Å². The average molecular weight is 395 g/mol. The summed E-state index contributed by atoms with van der Waals surface area (Å²) in [5, 5.41) is 3.09. The smallest absolute Gasteiger partial charge is 0.228 e. The van der Waals surface area contributed by atoms with Crippen LogP contribution < -0.4 is 5.32 Å². The number of pyridine rings is 1. The van der Waals surface area contributed by atoms with Gasteiger partial charge in [-0.15, -0.1) is 0 Å². The largest absolute Gasteiger partial charge is 0.351 e. The van der Waals surface area contributed by atoms with Crippen LogP contribution in [0, 0.1) is 19.3 Å². The third-order valence-corrected chi connectivity index (χ3v) is 7.37. The molecule has 8 heteroatoms. The summed E-state index contributed by atoms with van der Waals surface area (Å²) in [6, 6.07) is 1.70. The monoisotopic (exact) mass is 394 g/mol. The first kappa shape index (κ1) is 20.2. The number of sulfonamides is 1. The van der Waals surface area contributed by atoms with Crippen LogP contribution in [0.15, 0.2) is 12.3 Å². The van der Waals surface area contributed by atoms with Crippen molar-refractivity contribution in [2.75, 3.05) is 32.9 Å². The molecular weight excluding hydrogens is 364 g/mol. The van der Waals surface area contributed by atoms with Crippen LogP contribution in [0.1, 0.15) is 36.1 Å². The Morgan fingerprint density at radius 3 is 2.74 bits per heavy atom. The van der Waals surface area contributed by atoms with Gasteiger partial charge in [0.1, 0.15) is 0 Å². The second-order valence-electron chi connectivity index (χ2n) is 8.10. The predicted molar refractivity (Wildman–Crippen MR) is 105 cm³/mol. The number of carbonyl (C=O) groups excluding carboxylic acids is 1. The van der Waals surface area contributed by atoms with E-state index in [0.717, 1.165) is 29.8 Å². The molecule has 3 heterocycles. The molecule has 0 radical (unpaired) electrons. The molecule has 7 nitrogen and oxygen atoms in total. The summed E-state index contributed by atoms with van der Waals surface area (Å²) in [7, 11) is -1.37. The molecule has 2 aliphatic heterocycles. The number of hydrogen-bond donors (Lipinski definition) is 1. The summed E-state index contributed by atoms with van der Waals surface area (Å²) in [5.41, 5.74) is 2.39. The molecule has 3 rings (SSSR count). The molecule has 2 aliphatic rings. The Bertz CT molecular complexity index is 826. The fourth-order valence-electron chi connectivity index (χ4n) is 4.52. The topological polar surface area (TPSA) is 82.6 Å². The number of nitrogens with zero attached hydrogens (tertiary/aromatic N) is 3. The molecule has 0 aromatic carbocycles. The third-order valence-electron chi connectivity index (χ3n) is 6.08. The summed E-state index contributed by atoms with van der Waals surface area (Å²) in [5.74, 6) is -0.0334. The Morgan fingerprint density at radius 2 is 2.07 bits per heavy atom. The number of likely N-dealkylation sites (N-methyl/N-ethyl adjacent to an activating group) is 1. The molecule has 27 heavy (non-hydrogen) atoms. The lowest BCUT2D eigenvalue weighted by molar-refractivity contribution is -0.141. The van der Waals surface area contributed by atoms with Crippen LogP contribution in [0.5, 0.6) is 0 Å². The molecule has 0 spiro atoms. The predicted octanol–water partition coefficient (Wildman–Crippen LogP) is 1.06. The fourth-order valence-corrected chi connectivity index (χ4v) is 5.71. The van der Waals surface area contributed by atoms with E-state index in [1.807, 2.05) is 27.0 Å². The SMILES string of the molecule is Cc1cc(C)c(CNC(=O)[C@@]23CCCN(S(C)(=O)=O)[C@H]2CN(C)CC3)cn1. The third kappa shape index (κ3) is 4.02. The van der Waals surface area contributed by atoms with Crippen LogP contribution in [0.3, 0.4) is 0 Å². The minimum atomic E-state index is -3.35. The Kier molecular flexibility index (Phi) is 5.61. The van der Waals surface area contributed by atoms with Gasteiger partial charge in [0.2, 0.25) is 15.9 Å². The number of hydrogen-bond acceptors (Lipinski definition) is 5. The van der Waals surface area contributed by atoms with Crippen molar-refractivity contribution in [1.82, 2.24) is 19.5 Å². The Labute approximate surface area is 162 Å². The standard InChI is InChI=1S/C19H30N4O3S/c1-14-10-15(2)20-11-16(14)12-21-18(24)19-6-5-8-23(27(4,25)26)17(19)13-22(3)9-7-19/h10-11,17H,5-9,12-13H2,1-4H3,(H,21,24)/t17-,19+/m0/s1. The van der Waals surface area contributed by atoms with Crippen LogP contribution in [-0.4, -0.2) is 67.5 Å². The maximum atomic E-state index is 13.3. The molecule has 1 aromatic heterocycles. The lowest BCUT2D eigenvalue weighted by atomic mass is 9.68. The molecule has 2 fully saturated rings. The maximum absolute atomic E-state index is 13.3. The number of fused-ring (bicyclic) bond motifs is 1. The highest BCUT2D eigenvalue weighted by Gasteiger charge is 2.54. The van der Waals surface area contributed by atoms with Crippen molar-refractivity contribution in [2.45, 2.75) is 45.7 Å². The Balaban J connectivity index is 1.83. The number of nitrogens with one attached hydrogen (secondary N) is 1. The van der Waals surface area contributed by atoms with Crippen molar-refractivity contribution in [1.29, 1.82) is 0 Å². The molecule has 2 atom stereocenters. The van der Waals surface area contributed by atoms with Crippen LogP contribution in [0.25, 0.3) is 0 Å². The zero-order valence-corrected chi connectivity index (χ0v) is 17.5. The number of amides is 1. The van der Waals surface area contributed by atoms with E-state index in [0.29, 0.717) is 32.5 Å². The van der Waals surface area contributed by atoms with Gasteiger partial charge in [0.05, 0.1) is 17.7 Å². The van der Waals surface area contributed by atoms with Gasteiger partial charge in [0.25, 0.3) is 0 Å². The molecule has 150 valence electrons. The Hall–Kier alpha value is -1.51. The zero-order valence-electron chi connectivity index (χ0n) is 16.7. The number of piperidine rings is 2. The van der Waals surface area contributed by atoms with Crippen LogP contribution >= 0.6 is 0 Å². The van der Waals surface area contributed by atoms with Gasteiger partial charge in [-0.1, -0.05) is 0 Å². The molecule has 0 aliphatic carbocycles. The number of aryl methyl sites for hydroxylation is 2. The average Bonchev–Trinajstić information content (AvgIpc) is 2.59. The van der Waals surface area contributed by atoms with Gasteiger partial charge in [-0.05, 0) is 63.9 Å². The van der Waals surface area contributed by atoms with E-state index in [1.54, 1.807) is 10.5 Å². The number of likely N-dealkylation sites (tertiary alicyclic amines) is 1. The number of carbonyl (C=O) groups is 1. The molecule has 1 N–H and O–H groups in total. The van der Waals surface area contributed by atoms with Gasteiger partial charge in [-0.3, -0.25) is 9.78 Å². The molecule has 0 bridgehead atoms. The number of aromatic nitrogens is 1. The van der Waals surface area contributed by atoms with Crippen molar-refractivity contribution in [2.24, 2.45) is 5.41 Å². The van der Waals surface area contributed by atoms with E-state index in [1.165, 1.54) is 6.26 Å². The van der Waals surface area contributed by atoms with Crippen LogP contribution in [0.4, 0.5) is 0 Å². The molecule has 1 aromatic rings. The second kappa shape index (κ2) is 7.48. The van der Waals surface area contributed by atoms with Crippen molar-refractivity contribution in [3.63, 3.8) is 0 Å². The summed E-state index contributed by atoms with van der Waals surface area (Å²) < 4.78 is 26.2. The molecule has 1 amide bonds. The van der Waals surface area contributed by atoms with E-state index in [-0.39, 0.29) is 11.9 Å². The highest BCUT2D eigenvalue weighted by atomic mass is 32.2. The first-order chi connectivity index (χ1) is 12.6. The van der Waals surface area contributed by atoms with Crippen molar-refractivity contribution in [3.05, 3.63) is 29.1 Å². The van der Waals surface area contributed by atoms with E-state index in [4.69, 9.17) is 0 Å². The van der Waals surface area contributed by atoms with Crippen molar-refractivity contribution in [3.8, 4) is 0 Å². The van der Waals surface area contributed by atoms with Crippen molar-refractivity contribution < 1.29 is 13.2 Å². The van der Waals surface area contributed by atoms with E-state index < -0.39 is 15.4 Å². The first-order valence-electron chi connectivity index (χ1n) is 9.49.